The topological polar surface area (TPSA) is 50.3 Å². The largest absolute Gasteiger partial charge is 0.263 e. The van der Waals surface area contributed by atoms with Crippen LogP contribution >= 0.6 is 11.6 Å². The molecular formula is C10H11ClN2O2S. The summed E-state index contributed by atoms with van der Waals surface area (Å²) in [6.07, 6.45) is 7.30. The maximum absolute atomic E-state index is 12.2. The van der Waals surface area contributed by atoms with Crippen molar-refractivity contribution in [3.8, 4) is 0 Å². The normalized spacial score (nSPS) is 17.6. The van der Waals surface area contributed by atoms with Gasteiger partial charge in [-0.05, 0) is 12.5 Å². The highest BCUT2D eigenvalue weighted by atomic mass is 35.5. The van der Waals surface area contributed by atoms with Gasteiger partial charge >= 0.3 is 0 Å². The van der Waals surface area contributed by atoms with Gasteiger partial charge in [-0.15, -0.1) is 0 Å². The van der Waals surface area contributed by atoms with Gasteiger partial charge in [0, 0.05) is 25.5 Å². The van der Waals surface area contributed by atoms with E-state index < -0.39 is 10.0 Å². The third-order valence-corrected chi connectivity index (χ3v) is 4.71. The van der Waals surface area contributed by atoms with Crippen molar-refractivity contribution in [2.75, 3.05) is 13.1 Å². The Bertz CT molecular complexity index is 513. The maximum atomic E-state index is 12.2. The van der Waals surface area contributed by atoms with Gasteiger partial charge in [0.25, 0.3) is 0 Å². The molecule has 0 spiro atoms. The fourth-order valence-electron chi connectivity index (χ4n) is 1.53. The van der Waals surface area contributed by atoms with Crippen LogP contribution in [0.2, 0.25) is 5.02 Å². The maximum Gasteiger partial charge on any atom is 0.246 e. The standard InChI is InChI=1S/C10H11ClN2O2S/c11-9-4-5-12-8-10(9)16(14,15)13-6-2-1-3-7-13/h1-2,4-5,8H,3,6-7H2. The lowest BCUT2D eigenvalue weighted by Gasteiger charge is -2.22. The first-order chi connectivity index (χ1) is 7.62. The first-order valence-electron chi connectivity index (χ1n) is 4.87. The predicted molar refractivity (Wildman–Crippen MR) is 61.8 cm³/mol. The number of sulfonamides is 1. The van der Waals surface area contributed by atoms with Crippen molar-refractivity contribution in [1.82, 2.24) is 9.29 Å². The van der Waals surface area contributed by atoms with Crippen LogP contribution < -0.4 is 0 Å². The highest BCUT2D eigenvalue weighted by Gasteiger charge is 2.26. The molecule has 6 heteroatoms. The summed E-state index contributed by atoms with van der Waals surface area (Å²) in [4.78, 5) is 3.87. The summed E-state index contributed by atoms with van der Waals surface area (Å²) in [6.45, 7) is 0.887. The monoisotopic (exact) mass is 258 g/mol. The molecule has 4 nitrogen and oxygen atoms in total. The zero-order valence-electron chi connectivity index (χ0n) is 8.51. The smallest absolute Gasteiger partial charge is 0.246 e. The SMILES string of the molecule is O=S(=O)(c1cnccc1Cl)N1CC=CCC1. The zero-order chi connectivity index (χ0) is 11.6. The van der Waals surface area contributed by atoms with Gasteiger partial charge in [0.15, 0.2) is 0 Å². The quantitative estimate of drug-likeness (QED) is 0.759. The van der Waals surface area contributed by atoms with Gasteiger partial charge in [-0.1, -0.05) is 23.8 Å². The molecule has 1 aromatic heterocycles. The Hall–Kier alpha value is -0.910. The number of hydrogen-bond acceptors (Lipinski definition) is 3. The van der Waals surface area contributed by atoms with E-state index >= 15 is 0 Å². The molecule has 0 aliphatic carbocycles. The number of hydrogen-bond donors (Lipinski definition) is 0. The molecule has 0 amide bonds. The van der Waals surface area contributed by atoms with Crippen LogP contribution in [0.4, 0.5) is 0 Å². The number of aromatic nitrogens is 1. The van der Waals surface area contributed by atoms with Crippen LogP contribution in [0.1, 0.15) is 6.42 Å². The molecule has 0 N–H and O–H groups in total. The Morgan fingerprint density at radius 1 is 1.38 bits per heavy atom. The van der Waals surface area contributed by atoms with E-state index in [0.29, 0.717) is 13.1 Å². The Balaban J connectivity index is 2.39. The number of halogens is 1. The fraction of sp³-hybridized carbons (Fsp3) is 0.300. The van der Waals surface area contributed by atoms with Gasteiger partial charge in [0.1, 0.15) is 4.90 Å². The minimum atomic E-state index is -3.51. The second kappa shape index (κ2) is 4.53. The zero-order valence-corrected chi connectivity index (χ0v) is 10.1. The van der Waals surface area contributed by atoms with E-state index in [1.54, 1.807) is 0 Å². The third-order valence-electron chi connectivity index (χ3n) is 2.37. The Kier molecular flexibility index (Phi) is 3.28. The van der Waals surface area contributed by atoms with Gasteiger partial charge in [-0.3, -0.25) is 4.98 Å². The third kappa shape index (κ3) is 2.11. The van der Waals surface area contributed by atoms with Crippen molar-refractivity contribution in [2.45, 2.75) is 11.3 Å². The molecule has 86 valence electrons. The summed E-state index contributed by atoms with van der Waals surface area (Å²) in [5.74, 6) is 0. The van der Waals surface area contributed by atoms with Crippen LogP contribution in [0.15, 0.2) is 35.5 Å². The van der Waals surface area contributed by atoms with Crippen LogP contribution in [0.3, 0.4) is 0 Å². The van der Waals surface area contributed by atoms with Gasteiger partial charge in [-0.2, -0.15) is 4.31 Å². The summed E-state index contributed by atoms with van der Waals surface area (Å²) in [5.41, 5.74) is 0. The number of nitrogens with zero attached hydrogens (tertiary/aromatic N) is 2. The second-order valence-corrected chi connectivity index (χ2v) is 5.74. The molecule has 1 aliphatic rings. The Labute approximate surface area is 99.6 Å². The molecule has 0 fully saturated rings. The van der Waals surface area contributed by atoms with E-state index in [-0.39, 0.29) is 9.92 Å². The Morgan fingerprint density at radius 2 is 2.19 bits per heavy atom. The van der Waals surface area contributed by atoms with Crippen LogP contribution in [0, 0.1) is 0 Å². The highest BCUT2D eigenvalue weighted by Crippen LogP contribution is 2.24. The average Bonchev–Trinajstić information content (AvgIpc) is 2.30. The highest BCUT2D eigenvalue weighted by molar-refractivity contribution is 7.89. The van der Waals surface area contributed by atoms with Crippen molar-refractivity contribution < 1.29 is 8.42 Å². The first-order valence-corrected chi connectivity index (χ1v) is 6.69. The molecule has 0 atom stereocenters. The molecule has 0 saturated heterocycles. The van der Waals surface area contributed by atoms with Gasteiger partial charge in [0.2, 0.25) is 10.0 Å². The van der Waals surface area contributed by atoms with E-state index in [1.807, 2.05) is 12.2 Å². The molecule has 2 heterocycles. The molecule has 0 radical (unpaired) electrons. The summed E-state index contributed by atoms with van der Waals surface area (Å²) in [5, 5.41) is 0.213. The lowest BCUT2D eigenvalue weighted by molar-refractivity contribution is 0.437. The van der Waals surface area contributed by atoms with Crippen LogP contribution in [-0.2, 0) is 10.0 Å². The average molecular weight is 259 g/mol. The molecule has 0 saturated carbocycles. The summed E-state index contributed by atoms with van der Waals surface area (Å²) < 4.78 is 25.8. The van der Waals surface area contributed by atoms with Crippen molar-refractivity contribution in [3.63, 3.8) is 0 Å². The second-order valence-electron chi connectivity index (χ2n) is 3.43. The molecule has 0 aromatic carbocycles. The van der Waals surface area contributed by atoms with Crippen molar-refractivity contribution in [2.24, 2.45) is 0 Å². The van der Waals surface area contributed by atoms with Gasteiger partial charge in [-0.25, -0.2) is 8.42 Å². The summed E-state index contributed by atoms with van der Waals surface area (Å²) >= 11 is 5.86. The summed E-state index contributed by atoms with van der Waals surface area (Å²) in [6, 6.07) is 1.48. The van der Waals surface area contributed by atoms with Crippen LogP contribution in [0.5, 0.6) is 0 Å². The predicted octanol–water partition coefficient (Wildman–Crippen LogP) is 1.69. The van der Waals surface area contributed by atoms with Crippen molar-refractivity contribution >= 4 is 21.6 Å². The van der Waals surface area contributed by atoms with Gasteiger partial charge < -0.3 is 0 Å². The van der Waals surface area contributed by atoms with Gasteiger partial charge in [0.05, 0.1) is 5.02 Å². The van der Waals surface area contributed by atoms with Crippen LogP contribution in [-0.4, -0.2) is 30.8 Å². The first kappa shape index (κ1) is 11.6. The molecular weight excluding hydrogens is 248 g/mol. The molecule has 1 aliphatic heterocycles. The fourth-order valence-corrected chi connectivity index (χ4v) is 3.34. The van der Waals surface area contributed by atoms with E-state index in [1.165, 1.54) is 22.8 Å². The Morgan fingerprint density at radius 3 is 2.81 bits per heavy atom. The lowest BCUT2D eigenvalue weighted by atomic mass is 10.3. The van der Waals surface area contributed by atoms with Crippen molar-refractivity contribution in [3.05, 3.63) is 35.6 Å². The lowest BCUT2D eigenvalue weighted by Crippen LogP contribution is -2.34. The summed E-state index contributed by atoms with van der Waals surface area (Å²) in [7, 11) is -3.51. The number of rotatable bonds is 2. The van der Waals surface area contributed by atoms with Crippen molar-refractivity contribution in [1.29, 1.82) is 0 Å². The molecule has 0 bridgehead atoms. The minimum Gasteiger partial charge on any atom is -0.263 e. The molecule has 1 aromatic rings. The molecule has 0 unspecified atom stereocenters. The minimum absolute atomic E-state index is 0.0759. The van der Waals surface area contributed by atoms with Crippen LogP contribution in [0.25, 0.3) is 0 Å². The number of pyridine rings is 1. The molecule has 2 rings (SSSR count). The van der Waals surface area contributed by atoms with E-state index in [9.17, 15) is 8.42 Å². The van der Waals surface area contributed by atoms with E-state index in [2.05, 4.69) is 4.98 Å². The molecule has 16 heavy (non-hydrogen) atoms. The van der Waals surface area contributed by atoms with E-state index in [4.69, 9.17) is 11.6 Å². The van der Waals surface area contributed by atoms with E-state index in [0.717, 1.165) is 6.42 Å².